The standard InChI is InChI=1S/C19H14N2O4S/c1-11(18(23)24)25-13-8-6-12(7-9-13)10-16-17(22)21-15-5-3-2-4-14(15)20-19(21)26-16/h2-11H,1H3,(H,23,24)/b16-10+. The molecule has 0 aliphatic rings. The summed E-state index contributed by atoms with van der Waals surface area (Å²) in [7, 11) is 0. The van der Waals surface area contributed by atoms with E-state index in [1.165, 1.54) is 18.3 Å². The second-order valence-electron chi connectivity index (χ2n) is 5.80. The second-order valence-corrected chi connectivity index (χ2v) is 6.81. The minimum absolute atomic E-state index is 0.0986. The van der Waals surface area contributed by atoms with Crippen molar-refractivity contribution in [2.75, 3.05) is 0 Å². The van der Waals surface area contributed by atoms with E-state index in [0.717, 1.165) is 16.6 Å². The van der Waals surface area contributed by atoms with Crippen molar-refractivity contribution in [2.24, 2.45) is 0 Å². The van der Waals surface area contributed by atoms with Gasteiger partial charge in [-0.1, -0.05) is 35.6 Å². The van der Waals surface area contributed by atoms with Gasteiger partial charge in [0.25, 0.3) is 5.56 Å². The highest BCUT2D eigenvalue weighted by molar-refractivity contribution is 7.15. The highest BCUT2D eigenvalue weighted by Gasteiger charge is 2.12. The van der Waals surface area contributed by atoms with Crippen LogP contribution in [0.2, 0.25) is 0 Å². The molecule has 0 saturated carbocycles. The van der Waals surface area contributed by atoms with Gasteiger partial charge >= 0.3 is 5.97 Å². The molecule has 2 heterocycles. The number of hydrogen-bond acceptors (Lipinski definition) is 5. The quantitative estimate of drug-likeness (QED) is 0.599. The summed E-state index contributed by atoms with van der Waals surface area (Å²) < 4.78 is 7.51. The molecule has 0 aliphatic carbocycles. The molecule has 2 aromatic heterocycles. The molecule has 0 spiro atoms. The van der Waals surface area contributed by atoms with Crippen LogP contribution in [-0.2, 0) is 4.79 Å². The Bertz CT molecular complexity index is 1220. The SMILES string of the molecule is CC(Oc1ccc(/C=c2/sc3nc4ccccc4n3c2=O)cc1)C(=O)O. The molecule has 2 aromatic carbocycles. The fourth-order valence-corrected chi connectivity index (χ4v) is 3.65. The Kier molecular flexibility index (Phi) is 3.93. The van der Waals surface area contributed by atoms with Crippen molar-refractivity contribution >= 4 is 39.4 Å². The molecule has 6 nitrogen and oxygen atoms in total. The predicted octanol–water partition coefficient (Wildman–Crippen LogP) is 2.31. The zero-order valence-corrected chi connectivity index (χ0v) is 14.6. The number of imidazole rings is 1. The van der Waals surface area contributed by atoms with E-state index in [2.05, 4.69) is 4.98 Å². The zero-order chi connectivity index (χ0) is 18.3. The Hall–Kier alpha value is -3.19. The molecule has 26 heavy (non-hydrogen) atoms. The van der Waals surface area contributed by atoms with Gasteiger partial charge < -0.3 is 9.84 Å². The Morgan fingerprint density at radius 1 is 1.23 bits per heavy atom. The number of carboxylic acids is 1. The van der Waals surface area contributed by atoms with Gasteiger partial charge in [-0.15, -0.1) is 0 Å². The summed E-state index contributed by atoms with van der Waals surface area (Å²) in [4.78, 5) is 28.7. The number of nitrogens with zero attached hydrogens (tertiary/aromatic N) is 2. The first-order valence-corrected chi connectivity index (χ1v) is 8.76. The molecular weight excluding hydrogens is 352 g/mol. The van der Waals surface area contributed by atoms with E-state index < -0.39 is 12.1 Å². The van der Waals surface area contributed by atoms with Gasteiger partial charge in [-0.2, -0.15) is 0 Å². The summed E-state index contributed by atoms with van der Waals surface area (Å²) >= 11 is 1.34. The van der Waals surface area contributed by atoms with Crippen LogP contribution in [0.4, 0.5) is 0 Å². The van der Waals surface area contributed by atoms with E-state index in [1.54, 1.807) is 34.7 Å². The van der Waals surface area contributed by atoms with E-state index in [4.69, 9.17) is 9.84 Å². The molecule has 1 unspecified atom stereocenters. The minimum atomic E-state index is -1.02. The lowest BCUT2D eigenvalue weighted by atomic mass is 10.2. The Morgan fingerprint density at radius 3 is 2.69 bits per heavy atom. The lowest BCUT2D eigenvalue weighted by molar-refractivity contribution is -0.144. The number of rotatable bonds is 4. The summed E-state index contributed by atoms with van der Waals surface area (Å²) in [5.41, 5.74) is 2.33. The number of hydrogen-bond donors (Lipinski definition) is 1. The molecule has 130 valence electrons. The van der Waals surface area contributed by atoms with Crippen LogP contribution in [0.1, 0.15) is 12.5 Å². The van der Waals surface area contributed by atoms with E-state index >= 15 is 0 Å². The van der Waals surface area contributed by atoms with E-state index in [1.807, 2.05) is 24.3 Å². The van der Waals surface area contributed by atoms with Gasteiger partial charge in [0.15, 0.2) is 11.1 Å². The lowest BCUT2D eigenvalue weighted by Crippen LogP contribution is -2.23. The van der Waals surface area contributed by atoms with Crippen LogP contribution >= 0.6 is 11.3 Å². The molecule has 0 amide bonds. The van der Waals surface area contributed by atoms with Gasteiger partial charge in [-0.05, 0) is 42.8 Å². The van der Waals surface area contributed by atoms with Crippen molar-refractivity contribution in [2.45, 2.75) is 13.0 Å². The molecule has 0 fully saturated rings. The smallest absolute Gasteiger partial charge is 0.344 e. The van der Waals surface area contributed by atoms with Crippen LogP contribution in [0.15, 0.2) is 53.3 Å². The summed E-state index contributed by atoms with van der Waals surface area (Å²) in [5.74, 6) is -0.558. The maximum Gasteiger partial charge on any atom is 0.344 e. The maximum atomic E-state index is 12.7. The van der Waals surface area contributed by atoms with Gasteiger partial charge in [-0.3, -0.25) is 4.79 Å². The van der Waals surface area contributed by atoms with Crippen LogP contribution < -0.4 is 14.8 Å². The number of para-hydroxylation sites is 2. The first kappa shape index (κ1) is 16.3. The molecule has 0 aliphatic heterocycles. The number of carboxylic acid groups (broad SMARTS) is 1. The van der Waals surface area contributed by atoms with Gasteiger partial charge in [0, 0.05) is 0 Å². The largest absolute Gasteiger partial charge is 0.479 e. The second kappa shape index (κ2) is 6.27. The maximum absolute atomic E-state index is 12.7. The summed E-state index contributed by atoms with van der Waals surface area (Å²) in [5, 5.41) is 8.87. The highest BCUT2D eigenvalue weighted by Crippen LogP contribution is 2.17. The van der Waals surface area contributed by atoms with Crippen LogP contribution in [0.25, 0.3) is 22.1 Å². The first-order chi connectivity index (χ1) is 12.5. The van der Waals surface area contributed by atoms with Crippen LogP contribution in [-0.4, -0.2) is 26.6 Å². The lowest BCUT2D eigenvalue weighted by Gasteiger charge is -2.09. The Morgan fingerprint density at radius 2 is 1.96 bits per heavy atom. The fourth-order valence-electron chi connectivity index (χ4n) is 2.66. The van der Waals surface area contributed by atoms with E-state index in [-0.39, 0.29) is 5.56 Å². The third-order valence-electron chi connectivity index (χ3n) is 3.98. The average Bonchev–Trinajstić information content (AvgIpc) is 3.13. The third-order valence-corrected chi connectivity index (χ3v) is 4.95. The molecule has 1 N–H and O–H groups in total. The predicted molar refractivity (Wildman–Crippen MR) is 99.8 cm³/mol. The van der Waals surface area contributed by atoms with Crippen molar-refractivity contribution in [3.05, 3.63) is 69.0 Å². The number of carbonyl (C=O) groups is 1. The van der Waals surface area contributed by atoms with Crippen molar-refractivity contribution in [1.29, 1.82) is 0 Å². The van der Waals surface area contributed by atoms with E-state index in [0.29, 0.717) is 15.2 Å². The molecule has 1 atom stereocenters. The van der Waals surface area contributed by atoms with Crippen molar-refractivity contribution in [1.82, 2.24) is 9.38 Å². The van der Waals surface area contributed by atoms with Gasteiger partial charge in [0.2, 0.25) is 0 Å². The topological polar surface area (TPSA) is 80.9 Å². The summed E-state index contributed by atoms with van der Waals surface area (Å²) in [6, 6.07) is 14.5. The average molecular weight is 366 g/mol. The van der Waals surface area contributed by atoms with Crippen molar-refractivity contribution in [3.8, 4) is 5.75 Å². The minimum Gasteiger partial charge on any atom is -0.479 e. The number of aromatic nitrogens is 2. The Labute approximate surface area is 151 Å². The normalized spacial score (nSPS) is 13.3. The van der Waals surface area contributed by atoms with Gasteiger partial charge in [-0.25, -0.2) is 14.2 Å². The summed E-state index contributed by atoms with van der Waals surface area (Å²) in [6.45, 7) is 1.47. The molecule has 7 heteroatoms. The Balaban J connectivity index is 1.71. The number of benzene rings is 2. The van der Waals surface area contributed by atoms with Crippen LogP contribution in [0.5, 0.6) is 5.75 Å². The van der Waals surface area contributed by atoms with E-state index in [9.17, 15) is 9.59 Å². The number of thiazole rings is 1. The van der Waals surface area contributed by atoms with Crippen LogP contribution in [0, 0.1) is 0 Å². The fraction of sp³-hybridized carbons (Fsp3) is 0.105. The monoisotopic (exact) mass is 366 g/mol. The zero-order valence-electron chi connectivity index (χ0n) is 13.7. The van der Waals surface area contributed by atoms with Crippen LogP contribution in [0.3, 0.4) is 0 Å². The van der Waals surface area contributed by atoms with Crippen molar-refractivity contribution in [3.63, 3.8) is 0 Å². The molecule has 0 saturated heterocycles. The van der Waals surface area contributed by atoms with Gasteiger partial charge in [0.05, 0.1) is 15.6 Å². The number of ether oxygens (including phenoxy) is 1. The summed E-state index contributed by atoms with van der Waals surface area (Å²) in [6.07, 6.45) is 0.873. The molecular formula is C19H14N2O4S. The van der Waals surface area contributed by atoms with Crippen molar-refractivity contribution < 1.29 is 14.6 Å². The third kappa shape index (κ3) is 2.82. The molecule has 0 radical (unpaired) electrons. The highest BCUT2D eigenvalue weighted by atomic mass is 32.1. The molecule has 4 rings (SSSR count). The first-order valence-electron chi connectivity index (χ1n) is 7.94. The molecule has 0 bridgehead atoms. The van der Waals surface area contributed by atoms with Gasteiger partial charge in [0.1, 0.15) is 5.75 Å². The molecule has 4 aromatic rings. The number of aliphatic carboxylic acids is 1. The number of fused-ring (bicyclic) bond motifs is 3.